The Balaban J connectivity index is 1.58. The lowest BCUT2D eigenvalue weighted by molar-refractivity contribution is 0.643. The van der Waals surface area contributed by atoms with E-state index in [1.807, 2.05) is 23.2 Å². The van der Waals surface area contributed by atoms with E-state index < -0.39 is 0 Å². The van der Waals surface area contributed by atoms with Crippen LogP contribution in [0, 0.1) is 27.7 Å². The molecular weight excluding hydrogens is 372 g/mol. The zero-order chi connectivity index (χ0) is 21.1. The van der Waals surface area contributed by atoms with Crippen LogP contribution in [0.3, 0.4) is 0 Å². The van der Waals surface area contributed by atoms with Gasteiger partial charge in [0, 0.05) is 33.9 Å². The minimum atomic E-state index is 0.623. The summed E-state index contributed by atoms with van der Waals surface area (Å²) in [7, 11) is 0. The van der Waals surface area contributed by atoms with Gasteiger partial charge in [0.25, 0.3) is 0 Å². The molecule has 6 heteroatoms. The molecule has 2 heterocycles. The lowest BCUT2D eigenvalue weighted by Gasteiger charge is -2.17. The summed E-state index contributed by atoms with van der Waals surface area (Å²) in [6.07, 6.45) is 0. The van der Waals surface area contributed by atoms with Crippen LogP contribution in [-0.2, 0) is 13.3 Å². The molecule has 154 valence electrons. The maximum Gasteiger partial charge on any atom is 0.110 e. The highest BCUT2D eigenvalue weighted by Gasteiger charge is 2.10. The van der Waals surface area contributed by atoms with Gasteiger partial charge in [0.2, 0.25) is 0 Å². The summed E-state index contributed by atoms with van der Waals surface area (Å²) in [6.45, 7) is 9.43. The van der Waals surface area contributed by atoms with E-state index in [-0.39, 0.29) is 0 Å². The Bertz CT molecular complexity index is 1060. The van der Waals surface area contributed by atoms with Crippen molar-refractivity contribution in [2.45, 2.75) is 41.0 Å². The molecule has 0 amide bonds. The van der Waals surface area contributed by atoms with Crippen LogP contribution in [0.15, 0.2) is 60.7 Å². The summed E-state index contributed by atoms with van der Waals surface area (Å²) in [4.78, 5) is 0. The zero-order valence-corrected chi connectivity index (χ0v) is 18.0. The average Bonchev–Trinajstić information content (AvgIpc) is 3.24. The van der Waals surface area contributed by atoms with Crippen LogP contribution in [0.25, 0.3) is 11.1 Å². The normalized spacial score (nSPS) is 10.9. The number of aromatic nitrogens is 4. The van der Waals surface area contributed by atoms with Crippen molar-refractivity contribution >= 4 is 11.4 Å². The van der Waals surface area contributed by atoms with Gasteiger partial charge in [0.05, 0.1) is 11.4 Å². The third-order valence-corrected chi connectivity index (χ3v) is 5.19. The Morgan fingerprint density at radius 1 is 0.633 bits per heavy atom. The van der Waals surface area contributed by atoms with Crippen LogP contribution in [-0.4, -0.2) is 19.6 Å². The molecule has 2 aromatic heterocycles. The molecular formula is C24H28N6. The van der Waals surface area contributed by atoms with Crippen LogP contribution < -0.4 is 10.6 Å². The number of benzene rings is 2. The third kappa shape index (κ3) is 4.22. The predicted octanol–water partition coefficient (Wildman–Crippen LogP) is 5.12. The first-order valence-corrected chi connectivity index (χ1v) is 10.2. The van der Waals surface area contributed by atoms with E-state index in [4.69, 9.17) is 0 Å². The Kier molecular flexibility index (Phi) is 5.57. The quantitative estimate of drug-likeness (QED) is 0.452. The Hall–Kier alpha value is -3.54. The van der Waals surface area contributed by atoms with Crippen molar-refractivity contribution in [3.8, 4) is 11.1 Å². The first-order chi connectivity index (χ1) is 14.5. The van der Waals surface area contributed by atoms with E-state index >= 15 is 0 Å². The number of anilines is 2. The minimum absolute atomic E-state index is 0.623. The van der Waals surface area contributed by atoms with Gasteiger partial charge in [-0.2, -0.15) is 10.2 Å². The highest BCUT2D eigenvalue weighted by Crippen LogP contribution is 2.33. The fourth-order valence-corrected chi connectivity index (χ4v) is 3.73. The molecule has 4 aromatic rings. The highest BCUT2D eigenvalue weighted by atomic mass is 15.3. The van der Waals surface area contributed by atoms with Gasteiger partial charge in [-0.25, -0.2) is 0 Å². The van der Waals surface area contributed by atoms with Gasteiger partial charge in [-0.1, -0.05) is 36.4 Å². The number of para-hydroxylation sites is 2. The molecule has 0 spiro atoms. The van der Waals surface area contributed by atoms with Crippen molar-refractivity contribution in [3.63, 3.8) is 0 Å². The van der Waals surface area contributed by atoms with Crippen LogP contribution in [0.5, 0.6) is 0 Å². The largest absolute Gasteiger partial charge is 0.366 e. The molecule has 0 fully saturated rings. The fourth-order valence-electron chi connectivity index (χ4n) is 3.73. The second-order valence-corrected chi connectivity index (χ2v) is 7.61. The summed E-state index contributed by atoms with van der Waals surface area (Å²) >= 11 is 0. The topological polar surface area (TPSA) is 59.7 Å². The van der Waals surface area contributed by atoms with Crippen molar-refractivity contribution in [2.75, 3.05) is 10.6 Å². The van der Waals surface area contributed by atoms with Gasteiger partial charge in [-0.05, 0) is 52.0 Å². The van der Waals surface area contributed by atoms with E-state index in [0.717, 1.165) is 45.3 Å². The molecule has 2 aromatic carbocycles. The lowest BCUT2D eigenvalue weighted by atomic mass is 10.0. The summed E-state index contributed by atoms with van der Waals surface area (Å²) in [5.74, 6) is 0. The second kappa shape index (κ2) is 8.45. The lowest BCUT2D eigenvalue weighted by Crippen LogP contribution is -2.13. The summed E-state index contributed by atoms with van der Waals surface area (Å²) < 4.78 is 3.97. The molecule has 0 saturated heterocycles. The van der Waals surface area contributed by atoms with E-state index in [1.165, 1.54) is 0 Å². The maximum absolute atomic E-state index is 4.55. The second-order valence-electron chi connectivity index (χ2n) is 7.61. The van der Waals surface area contributed by atoms with Gasteiger partial charge in [0.15, 0.2) is 0 Å². The fraction of sp³-hybridized carbons (Fsp3) is 0.250. The van der Waals surface area contributed by atoms with Crippen LogP contribution in [0.4, 0.5) is 11.4 Å². The molecule has 0 aliphatic rings. The Morgan fingerprint density at radius 3 is 1.40 bits per heavy atom. The molecule has 6 nitrogen and oxygen atoms in total. The van der Waals surface area contributed by atoms with Gasteiger partial charge in [-0.15, -0.1) is 0 Å². The SMILES string of the molecule is Cc1cc(C)n(CNc2ccccc2-c2ccccc2NCn2nc(C)cc2C)n1. The molecule has 30 heavy (non-hydrogen) atoms. The smallest absolute Gasteiger partial charge is 0.110 e. The molecule has 0 aliphatic carbocycles. The van der Waals surface area contributed by atoms with Crippen molar-refractivity contribution in [1.82, 2.24) is 19.6 Å². The molecule has 0 radical (unpaired) electrons. The van der Waals surface area contributed by atoms with Gasteiger partial charge < -0.3 is 10.6 Å². The number of rotatable bonds is 7. The number of nitrogens with zero attached hydrogens (tertiary/aromatic N) is 4. The molecule has 0 aliphatic heterocycles. The number of aryl methyl sites for hydroxylation is 4. The standard InChI is InChI=1S/C24H28N6/c1-17-13-19(3)29(27-17)15-25-23-11-7-5-9-21(23)22-10-6-8-12-24(22)26-16-30-20(4)14-18(2)28-30/h5-14,25-26H,15-16H2,1-4H3. The molecule has 0 bridgehead atoms. The molecule has 0 unspecified atom stereocenters. The summed E-state index contributed by atoms with van der Waals surface area (Å²) in [5.41, 5.74) is 8.79. The van der Waals surface area contributed by atoms with E-state index in [1.54, 1.807) is 0 Å². The number of nitrogens with one attached hydrogen (secondary N) is 2. The molecule has 0 atom stereocenters. The molecule has 2 N–H and O–H groups in total. The van der Waals surface area contributed by atoms with E-state index in [9.17, 15) is 0 Å². The van der Waals surface area contributed by atoms with E-state index in [0.29, 0.717) is 13.3 Å². The maximum atomic E-state index is 4.55. The Labute approximate surface area is 177 Å². The van der Waals surface area contributed by atoms with Crippen molar-refractivity contribution in [1.29, 1.82) is 0 Å². The van der Waals surface area contributed by atoms with Crippen molar-refractivity contribution in [2.24, 2.45) is 0 Å². The van der Waals surface area contributed by atoms with Crippen LogP contribution >= 0.6 is 0 Å². The molecule has 4 rings (SSSR count). The zero-order valence-electron chi connectivity index (χ0n) is 18.0. The monoisotopic (exact) mass is 400 g/mol. The van der Waals surface area contributed by atoms with Gasteiger partial charge in [-0.3, -0.25) is 9.36 Å². The summed E-state index contributed by atoms with van der Waals surface area (Å²) in [6, 6.07) is 20.9. The van der Waals surface area contributed by atoms with E-state index in [2.05, 4.69) is 95.3 Å². The van der Waals surface area contributed by atoms with Crippen LogP contribution in [0.2, 0.25) is 0 Å². The number of hydrogen-bond acceptors (Lipinski definition) is 4. The van der Waals surface area contributed by atoms with Gasteiger partial charge in [0.1, 0.15) is 13.3 Å². The first kappa shape index (κ1) is 19.8. The van der Waals surface area contributed by atoms with Crippen molar-refractivity contribution in [3.05, 3.63) is 83.4 Å². The minimum Gasteiger partial charge on any atom is -0.366 e. The molecule has 0 saturated carbocycles. The first-order valence-electron chi connectivity index (χ1n) is 10.2. The average molecular weight is 401 g/mol. The van der Waals surface area contributed by atoms with Gasteiger partial charge >= 0.3 is 0 Å². The van der Waals surface area contributed by atoms with Crippen molar-refractivity contribution < 1.29 is 0 Å². The van der Waals surface area contributed by atoms with Crippen LogP contribution in [0.1, 0.15) is 22.8 Å². The number of hydrogen-bond donors (Lipinski definition) is 2. The Morgan fingerprint density at radius 2 is 1.03 bits per heavy atom. The summed E-state index contributed by atoms with van der Waals surface area (Å²) in [5, 5.41) is 16.2. The third-order valence-electron chi connectivity index (χ3n) is 5.19. The highest BCUT2D eigenvalue weighted by molar-refractivity contribution is 5.85. The predicted molar refractivity (Wildman–Crippen MR) is 123 cm³/mol.